The van der Waals surface area contributed by atoms with Gasteiger partial charge in [0, 0.05) is 18.3 Å². The van der Waals surface area contributed by atoms with Gasteiger partial charge >= 0.3 is 0 Å². The summed E-state index contributed by atoms with van der Waals surface area (Å²) in [5.41, 5.74) is 0.543. The van der Waals surface area contributed by atoms with Crippen LogP contribution in [0.15, 0.2) is 23.2 Å². The Kier molecular flexibility index (Phi) is 1.70. The molecule has 1 aromatic carbocycles. The molecule has 0 radical (unpaired) electrons. The van der Waals surface area contributed by atoms with Crippen molar-refractivity contribution in [3.8, 4) is 5.75 Å². The summed E-state index contributed by atoms with van der Waals surface area (Å²) in [5.74, 6) is 0.591. The minimum absolute atomic E-state index is 0.0291. The number of non-ortho nitro benzene ring substituents is 1. The average molecular weight is 178 g/mol. The molecule has 0 fully saturated rings. The van der Waals surface area contributed by atoms with Gasteiger partial charge in [-0.2, -0.15) is 0 Å². The predicted molar refractivity (Wildman–Crippen MR) is 46.7 cm³/mol. The molecular formula is C8H6N2O3. The molecule has 2 rings (SSSR count). The molecule has 0 N–H and O–H groups in total. The van der Waals surface area contributed by atoms with Crippen LogP contribution in [0.5, 0.6) is 5.75 Å². The van der Waals surface area contributed by atoms with Crippen LogP contribution in [0.2, 0.25) is 0 Å². The molecule has 0 aromatic heterocycles. The number of nitrogens with zero attached hydrogens (tertiary/aromatic N) is 2. The van der Waals surface area contributed by atoms with E-state index < -0.39 is 4.92 Å². The summed E-state index contributed by atoms with van der Waals surface area (Å²) in [4.78, 5) is 13.9. The minimum atomic E-state index is -0.454. The Labute approximate surface area is 73.8 Å². The van der Waals surface area contributed by atoms with E-state index in [2.05, 4.69) is 4.99 Å². The fourth-order valence-corrected chi connectivity index (χ4v) is 1.10. The third-order valence-corrected chi connectivity index (χ3v) is 1.70. The van der Waals surface area contributed by atoms with Crippen molar-refractivity contribution in [3.63, 3.8) is 0 Å². The van der Waals surface area contributed by atoms with Crippen molar-refractivity contribution in [2.75, 3.05) is 6.61 Å². The quantitative estimate of drug-likeness (QED) is 0.485. The highest BCUT2D eigenvalue weighted by molar-refractivity contribution is 5.72. The van der Waals surface area contributed by atoms with Crippen LogP contribution < -0.4 is 4.74 Å². The second-order valence-electron chi connectivity index (χ2n) is 2.53. The maximum absolute atomic E-state index is 10.4. The summed E-state index contributed by atoms with van der Waals surface area (Å²) in [7, 11) is 0. The molecule has 1 aromatic rings. The van der Waals surface area contributed by atoms with Gasteiger partial charge in [-0.05, 0) is 6.07 Å². The van der Waals surface area contributed by atoms with Crippen molar-refractivity contribution in [2.24, 2.45) is 4.99 Å². The van der Waals surface area contributed by atoms with Gasteiger partial charge < -0.3 is 4.74 Å². The first kappa shape index (κ1) is 7.72. The number of ether oxygens (including phenoxy) is 1. The molecule has 5 heteroatoms. The first-order valence-corrected chi connectivity index (χ1v) is 3.71. The molecule has 66 valence electrons. The van der Waals surface area contributed by atoms with Crippen LogP contribution in [0.4, 0.5) is 11.4 Å². The van der Waals surface area contributed by atoms with E-state index in [9.17, 15) is 10.1 Å². The van der Waals surface area contributed by atoms with E-state index in [1.807, 2.05) is 0 Å². The zero-order valence-corrected chi connectivity index (χ0v) is 6.64. The molecule has 13 heavy (non-hydrogen) atoms. The summed E-state index contributed by atoms with van der Waals surface area (Å²) >= 11 is 0. The number of aliphatic imine (C=N–C) groups is 1. The van der Waals surface area contributed by atoms with Crippen LogP contribution in [0.25, 0.3) is 0 Å². The molecule has 1 aliphatic heterocycles. The number of benzene rings is 1. The Morgan fingerprint density at radius 2 is 2.38 bits per heavy atom. The fourth-order valence-electron chi connectivity index (χ4n) is 1.10. The normalized spacial score (nSPS) is 13.2. The van der Waals surface area contributed by atoms with Crippen LogP contribution in [-0.2, 0) is 0 Å². The SMILES string of the molecule is O=[N+]([O-])c1ccc2c(c1)N=CCO2. The lowest BCUT2D eigenvalue weighted by molar-refractivity contribution is -0.384. The Morgan fingerprint density at radius 3 is 3.15 bits per heavy atom. The van der Waals surface area contributed by atoms with Crippen molar-refractivity contribution < 1.29 is 9.66 Å². The summed E-state index contributed by atoms with van der Waals surface area (Å²) < 4.78 is 5.19. The van der Waals surface area contributed by atoms with Gasteiger partial charge in [-0.15, -0.1) is 0 Å². The molecule has 0 unspecified atom stereocenters. The number of rotatable bonds is 1. The third-order valence-electron chi connectivity index (χ3n) is 1.70. The number of nitro benzene ring substituents is 1. The minimum Gasteiger partial charge on any atom is -0.486 e. The molecule has 0 amide bonds. The van der Waals surface area contributed by atoms with E-state index in [-0.39, 0.29) is 5.69 Å². The van der Waals surface area contributed by atoms with Gasteiger partial charge in [0.2, 0.25) is 0 Å². The molecule has 0 saturated carbocycles. The Bertz CT molecular complexity index is 387. The van der Waals surface area contributed by atoms with Gasteiger partial charge in [-0.3, -0.25) is 15.1 Å². The van der Waals surface area contributed by atoms with Gasteiger partial charge in [0.05, 0.1) is 4.92 Å². The lowest BCUT2D eigenvalue weighted by atomic mass is 10.2. The van der Waals surface area contributed by atoms with Crippen LogP contribution in [0.1, 0.15) is 0 Å². The fraction of sp³-hybridized carbons (Fsp3) is 0.125. The molecule has 0 spiro atoms. The highest BCUT2D eigenvalue weighted by Crippen LogP contribution is 2.32. The molecule has 0 atom stereocenters. The molecule has 0 saturated heterocycles. The van der Waals surface area contributed by atoms with E-state index in [0.717, 1.165) is 0 Å². The third kappa shape index (κ3) is 1.35. The van der Waals surface area contributed by atoms with Crippen molar-refractivity contribution >= 4 is 17.6 Å². The maximum Gasteiger partial charge on any atom is 0.271 e. The maximum atomic E-state index is 10.4. The molecule has 1 aliphatic rings. The molecule has 0 bridgehead atoms. The topological polar surface area (TPSA) is 64.7 Å². The zero-order chi connectivity index (χ0) is 9.26. The van der Waals surface area contributed by atoms with E-state index in [0.29, 0.717) is 18.0 Å². The average Bonchev–Trinajstić information content (AvgIpc) is 2.17. The number of hydrogen-bond acceptors (Lipinski definition) is 4. The second kappa shape index (κ2) is 2.85. The van der Waals surface area contributed by atoms with Crippen LogP contribution >= 0.6 is 0 Å². The standard InChI is InChI=1S/C8H6N2O3/c11-10(12)6-1-2-8-7(5-6)9-3-4-13-8/h1-3,5H,4H2. The van der Waals surface area contributed by atoms with Gasteiger partial charge in [-0.1, -0.05) is 0 Å². The smallest absolute Gasteiger partial charge is 0.271 e. The number of hydrogen-bond donors (Lipinski definition) is 0. The van der Waals surface area contributed by atoms with Crippen LogP contribution in [-0.4, -0.2) is 17.7 Å². The Balaban J connectivity index is 2.48. The largest absolute Gasteiger partial charge is 0.486 e. The monoisotopic (exact) mass is 178 g/mol. The highest BCUT2D eigenvalue weighted by Gasteiger charge is 2.12. The molecular weight excluding hydrogens is 172 g/mol. The number of fused-ring (bicyclic) bond motifs is 1. The summed E-state index contributed by atoms with van der Waals surface area (Å²) in [6.07, 6.45) is 1.58. The van der Waals surface area contributed by atoms with Gasteiger partial charge in [0.25, 0.3) is 5.69 Å². The van der Waals surface area contributed by atoms with Gasteiger partial charge in [-0.25, -0.2) is 0 Å². The highest BCUT2D eigenvalue weighted by atomic mass is 16.6. The summed E-state index contributed by atoms with van der Waals surface area (Å²) in [6, 6.07) is 4.36. The lowest BCUT2D eigenvalue weighted by Crippen LogP contribution is -2.02. The van der Waals surface area contributed by atoms with Crippen molar-refractivity contribution in [1.29, 1.82) is 0 Å². The second-order valence-corrected chi connectivity index (χ2v) is 2.53. The summed E-state index contributed by atoms with van der Waals surface area (Å²) in [6.45, 7) is 0.421. The predicted octanol–water partition coefficient (Wildman–Crippen LogP) is 1.69. The van der Waals surface area contributed by atoms with E-state index in [1.165, 1.54) is 12.1 Å². The first-order chi connectivity index (χ1) is 6.27. The lowest BCUT2D eigenvalue weighted by Gasteiger charge is -2.09. The van der Waals surface area contributed by atoms with Crippen LogP contribution in [0.3, 0.4) is 0 Å². The summed E-state index contributed by atoms with van der Waals surface area (Å²) in [5, 5.41) is 10.4. The van der Waals surface area contributed by atoms with Crippen molar-refractivity contribution in [3.05, 3.63) is 28.3 Å². The van der Waals surface area contributed by atoms with E-state index in [4.69, 9.17) is 4.74 Å². The van der Waals surface area contributed by atoms with Crippen molar-refractivity contribution in [2.45, 2.75) is 0 Å². The Hall–Kier alpha value is -1.91. The van der Waals surface area contributed by atoms with Crippen LogP contribution in [0, 0.1) is 10.1 Å². The van der Waals surface area contributed by atoms with E-state index >= 15 is 0 Å². The van der Waals surface area contributed by atoms with E-state index in [1.54, 1.807) is 12.3 Å². The molecule has 0 aliphatic carbocycles. The van der Waals surface area contributed by atoms with Gasteiger partial charge in [0.15, 0.2) is 0 Å². The molecule has 5 nitrogen and oxygen atoms in total. The number of nitro groups is 1. The molecule has 1 heterocycles. The van der Waals surface area contributed by atoms with Crippen molar-refractivity contribution in [1.82, 2.24) is 0 Å². The Morgan fingerprint density at radius 1 is 1.54 bits per heavy atom. The van der Waals surface area contributed by atoms with Gasteiger partial charge in [0.1, 0.15) is 18.0 Å². The first-order valence-electron chi connectivity index (χ1n) is 3.71. The zero-order valence-electron chi connectivity index (χ0n) is 6.64.